The summed E-state index contributed by atoms with van der Waals surface area (Å²) in [6, 6.07) is -0.939. The molecule has 2 aliphatic heterocycles. The SMILES string of the molecule is CCCCCCC/C=C\C/C=C\C/C=C\CCCCCCCCC(=O)NC(COC1OC(CO)C(OC2OC(CO)C(O)C(O)C2O)C(O)C1O)C(O)/C=C/CC/C=C/CCCCCCCCC. The van der Waals surface area contributed by atoms with Crippen molar-refractivity contribution in [3.8, 4) is 0 Å². The third-order valence-electron chi connectivity index (χ3n) is 12.7. The van der Waals surface area contributed by atoms with E-state index in [1.807, 2.05) is 6.08 Å². The Hall–Kier alpha value is -2.31. The summed E-state index contributed by atoms with van der Waals surface area (Å²) in [5.74, 6) is -0.265. The first-order chi connectivity index (χ1) is 33.1. The normalized spacial score (nSPS) is 26.9. The lowest BCUT2D eigenvalue weighted by Crippen LogP contribution is -2.65. The van der Waals surface area contributed by atoms with Crippen LogP contribution in [-0.4, -0.2) is 140 Å². The maximum atomic E-state index is 13.2. The second-order valence-corrected chi connectivity index (χ2v) is 18.6. The van der Waals surface area contributed by atoms with E-state index in [1.165, 1.54) is 83.5 Å². The van der Waals surface area contributed by atoms with Gasteiger partial charge in [0.1, 0.15) is 48.8 Å². The maximum absolute atomic E-state index is 13.2. The van der Waals surface area contributed by atoms with Crippen molar-refractivity contribution >= 4 is 5.91 Å². The Morgan fingerprint density at radius 3 is 1.54 bits per heavy atom. The maximum Gasteiger partial charge on any atom is 0.220 e. The minimum atomic E-state index is -1.79. The van der Waals surface area contributed by atoms with Crippen molar-refractivity contribution in [1.82, 2.24) is 5.32 Å². The van der Waals surface area contributed by atoms with Crippen LogP contribution >= 0.6 is 0 Å². The van der Waals surface area contributed by atoms with Crippen LogP contribution in [0.15, 0.2) is 60.8 Å². The molecule has 0 aromatic heterocycles. The van der Waals surface area contributed by atoms with Crippen LogP contribution in [0.4, 0.5) is 0 Å². The van der Waals surface area contributed by atoms with Crippen LogP contribution in [0, 0.1) is 0 Å². The monoisotopic (exact) mass is 966 g/mol. The summed E-state index contributed by atoms with van der Waals surface area (Å²) < 4.78 is 22.7. The van der Waals surface area contributed by atoms with E-state index in [0.29, 0.717) is 12.8 Å². The second kappa shape index (κ2) is 40.3. The lowest BCUT2D eigenvalue weighted by Gasteiger charge is -2.46. The van der Waals surface area contributed by atoms with Gasteiger partial charge in [0.15, 0.2) is 12.6 Å². The van der Waals surface area contributed by atoms with E-state index in [0.717, 1.165) is 64.2 Å². The number of nitrogens with one attached hydrogen (secondary N) is 1. The fraction of sp³-hybridized carbons (Fsp3) is 0.796. The number of allylic oxidation sites excluding steroid dienone is 9. The van der Waals surface area contributed by atoms with Crippen molar-refractivity contribution in [3.05, 3.63) is 60.8 Å². The van der Waals surface area contributed by atoms with E-state index >= 15 is 0 Å². The summed E-state index contributed by atoms with van der Waals surface area (Å²) in [6.07, 6.45) is 32.6. The molecular formula is C54H95NO13. The van der Waals surface area contributed by atoms with Gasteiger partial charge in [0.2, 0.25) is 5.91 Å². The molecule has 68 heavy (non-hydrogen) atoms. The van der Waals surface area contributed by atoms with Gasteiger partial charge in [0, 0.05) is 6.42 Å². The summed E-state index contributed by atoms with van der Waals surface area (Å²) in [7, 11) is 0. The first kappa shape index (κ1) is 61.8. The van der Waals surface area contributed by atoms with Gasteiger partial charge in [-0.25, -0.2) is 0 Å². The van der Waals surface area contributed by atoms with Gasteiger partial charge in [0.05, 0.1) is 32.0 Å². The zero-order valence-corrected chi connectivity index (χ0v) is 41.8. The summed E-state index contributed by atoms with van der Waals surface area (Å²) in [6.45, 7) is 2.72. The highest BCUT2D eigenvalue weighted by Crippen LogP contribution is 2.30. The van der Waals surface area contributed by atoms with E-state index in [9.17, 15) is 45.6 Å². The van der Waals surface area contributed by atoms with Crippen LogP contribution in [0.5, 0.6) is 0 Å². The molecule has 0 aromatic carbocycles. The summed E-state index contributed by atoms with van der Waals surface area (Å²) in [4.78, 5) is 13.2. The fourth-order valence-electron chi connectivity index (χ4n) is 8.31. The molecule has 2 fully saturated rings. The molecule has 0 aliphatic carbocycles. The Kier molecular flexibility index (Phi) is 36.6. The van der Waals surface area contributed by atoms with Crippen LogP contribution in [-0.2, 0) is 23.7 Å². The van der Waals surface area contributed by atoms with Gasteiger partial charge >= 0.3 is 0 Å². The van der Waals surface area contributed by atoms with Crippen LogP contribution < -0.4 is 5.32 Å². The smallest absolute Gasteiger partial charge is 0.220 e. The molecule has 12 unspecified atom stereocenters. The highest BCUT2D eigenvalue weighted by atomic mass is 16.7. The van der Waals surface area contributed by atoms with E-state index in [4.69, 9.17) is 18.9 Å². The number of aliphatic hydroxyl groups is 8. The topological polar surface area (TPSA) is 228 Å². The second-order valence-electron chi connectivity index (χ2n) is 18.6. The number of carbonyl (C=O) groups excluding carboxylic acids is 1. The third kappa shape index (κ3) is 26.8. The average molecular weight is 966 g/mol. The predicted molar refractivity (Wildman–Crippen MR) is 267 cm³/mol. The van der Waals surface area contributed by atoms with E-state index in [2.05, 4.69) is 67.8 Å². The largest absolute Gasteiger partial charge is 0.394 e. The third-order valence-corrected chi connectivity index (χ3v) is 12.7. The average Bonchev–Trinajstić information content (AvgIpc) is 3.34. The Labute approximate surface area is 409 Å². The molecule has 394 valence electrons. The highest BCUT2D eigenvalue weighted by Gasteiger charge is 2.51. The Morgan fingerprint density at radius 2 is 0.985 bits per heavy atom. The summed E-state index contributed by atoms with van der Waals surface area (Å²) in [5.41, 5.74) is 0. The van der Waals surface area contributed by atoms with Gasteiger partial charge in [-0.3, -0.25) is 4.79 Å². The van der Waals surface area contributed by atoms with Gasteiger partial charge in [-0.15, -0.1) is 0 Å². The number of aliphatic hydroxyl groups excluding tert-OH is 8. The molecule has 2 saturated heterocycles. The molecule has 0 radical (unpaired) electrons. The van der Waals surface area contributed by atoms with Crippen LogP contribution in [0.3, 0.4) is 0 Å². The number of amides is 1. The van der Waals surface area contributed by atoms with Crippen molar-refractivity contribution in [1.29, 1.82) is 0 Å². The van der Waals surface area contributed by atoms with Crippen LogP contribution in [0.25, 0.3) is 0 Å². The molecule has 1 amide bonds. The number of unbranched alkanes of at least 4 members (excludes halogenated alkanes) is 19. The molecule has 2 rings (SSSR count). The molecule has 14 nitrogen and oxygen atoms in total. The summed E-state index contributed by atoms with van der Waals surface area (Å²) in [5, 5.41) is 86.7. The molecule has 9 N–H and O–H groups in total. The van der Waals surface area contributed by atoms with Gasteiger partial charge < -0.3 is 65.1 Å². The van der Waals surface area contributed by atoms with E-state index in [1.54, 1.807) is 6.08 Å². The number of hydrogen-bond acceptors (Lipinski definition) is 13. The van der Waals surface area contributed by atoms with Crippen molar-refractivity contribution in [3.63, 3.8) is 0 Å². The van der Waals surface area contributed by atoms with Crippen molar-refractivity contribution in [2.45, 2.75) is 254 Å². The summed E-state index contributed by atoms with van der Waals surface area (Å²) >= 11 is 0. The number of carbonyl (C=O) groups is 1. The molecular weight excluding hydrogens is 871 g/mol. The Morgan fingerprint density at radius 1 is 0.529 bits per heavy atom. The van der Waals surface area contributed by atoms with Gasteiger partial charge in [-0.2, -0.15) is 0 Å². The van der Waals surface area contributed by atoms with Gasteiger partial charge in [-0.05, 0) is 70.6 Å². The van der Waals surface area contributed by atoms with Crippen molar-refractivity contribution < 1.29 is 64.6 Å². The molecule has 14 heteroatoms. The Bertz CT molecular complexity index is 1370. The van der Waals surface area contributed by atoms with Crippen LogP contribution in [0.2, 0.25) is 0 Å². The molecule has 0 spiro atoms. The zero-order valence-electron chi connectivity index (χ0n) is 41.8. The fourth-order valence-corrected chi connectivity index (χ4v) is 8.31. The number of rotatable bonds is 40. The number of hydrogen-bond donors (Lipinski definition) is 9. The first-order valence-electron chi connectivity index (χ1n) is 26.5. The highest BCUT2D eigenvalue weighted by molar-refractivity contribution is 5.76. The van der Waals surface area contributed by atoms with Crippen molar-refractivity contribution in [2.24, 2.45) is 0 Å². The lowest BCUT2D eigenvalue weighted by molar-refractivity contribution is -0.359. The van der Waals surface area contributed by atoms with Crippen LogP contribution in [0.1, 0.15) is 181 Å². The molecule has 0 aromatic rings. The minimum Gasteiger partial charge on any atom is -0.394 e. The molecule has 12 atom stereocenters. The van der Waals surface area contributed by atoms with E-state index < -0.39 is 86.8 Å². The van der Waals surface area contributed by atoms with Gasteiger partial charge in [0.25, 0.3) is 0 Å². The molecule has 0 saturated carbocycles. The molecule has 2 aliphatic rings. The van der Waals surface area contributed by atoms with E-state index in [-0.39, 0.29) is 18.9 Å². The standard InChI is InChI=1S/C54H95NO13/c1-3-5-7-9-11-13-15-17-18-19-20-21-22-23-24-26-28-30-32-34-36-38-46(59)55-42(43(58)37-35-33-31-29-27-25-16-14-12-10-8-6-4-2)41-65-53-51(64)49(62)52(45(40-57)67-53)68-54-50(63)48(61)47(60)44(39-56)66-54/h15,17,19-20,22-23,27,29,35,37,42-45,47-54,56-58,60-64H,3-14,16,18,21,24-26,28,30-34,36,38-41H2,1-2H3,(H,55,59)/b17-15-,20-19-,23-22-,29-27+,37-35+. The molecule has 0 bridgehead atoms. The lowest BCUT2D eigenvalue weighted by atomic mass is 9.97. The minimum absolute atomic E-state index is 0.256. The van der Waals surface area contributed by atoms with Crippen molar-refractivity contribution in [2.75, 3.05) is 19.8 Å². The Balaban J connectivity index is 1.83. The molecule has 2 heterocycles. The first-order valence-corrected chi connectivity index (χ1v) is 26.5. The quantitative estimate of drug-likeness (QED) is 0.0215. The predicted octanol–water partition coefficient (Wildman–Crippen LogP) is 7.44. The van der Waals surface area contributed by atoms with Gasteiger partial charge in [-0.1, -0.05) is 164 Å². The number of ether oxygens (including phenoxy) is 4. The zero-order chi connectivity index (χ0) is 49.6.